The second-order valence-corrected chi connectivity index (χ2v) is 36.2. The normalized spacial score (nSPS) is 30.9. The molecule has 5 rings (SSSR count). The maximum atomic E-state index is 4.19. The maximum absolute atomic E-state index is 4.19. The Bertz CT molecular complexity index is 953. The van der Waals surface area contributed by atoms with Gasteiger partial charge in [0.05, 0.1) is 16.1 Å². The number of rotatable bonds is 6. The van der Waals surface area contributed by atoms with Gasteiger partial charge < -0.3 is 0 Å². The fourth-order valence-corrected chi connectivity index (χ4v) is 28.4. The van der Waals surface area contributed by atoms with Crippen LogP contribution >= 0.6 is 6.57 Å². The largest absolute Gasteiger partial charge is 0.0999 e. The molecule has 0 radical (unpaired) electrons. The van der Waals surface area contributed by atoms with E-state index in [1.807, 2.05) is 0 Å². The SMILES string of the molecule is C1=CC2C(C=C1)[CH]([Ti]1([PH]c3ccccc3)[CH2][CH2]1)C1CCCCC21.C=C(C(=C)[Si](C)(C)C)[Si](C)(C)C. The average Bonchev–Trinajstić information content (AvgIpc) is 3.50. The monoisotopic (exact) mass is 556 g/mol. The van der Waals surface area contributed by atoms with Gasteiger partial charge in [-0.2, -0.15) is 0 Å². The first-order valence-corrected chi connectivity index (χ1v) is 27.5. The summed E-state index contributed by atoms with van der Waals surface area (Å²) in [5.74, 6) is 3.94. The number of allylic oxidation sites excluding steroid dienone is 6. The predicted octanol–water partition coefficient (Wildman–Crippen LogP) is 9.73. The molecule has 0 N–H and O–H groups in total. The number of benzene rings is 1. The second kappa shape index (κ2) is 10.9. The van der Waals surface area contributed by atoms with E-state index in [2.05, 4.69) is 107 Å². The average molecular weight is 557 g/mol. The molecule has 0 aromatic heterocycles. The maximum Gasteiger partial charge on any atom is 0.0766 e. The molecule has 6 unspecified atom stereocenters. The van der Waals surface area contributed by atoms with E-state index in [0.717, 1.165) is 27.9 Å². The Kier molecular flexibility index (Phi) is 8.62. The molecule has 1 saturated heterocycles. The van der Waals surface area contributed by atoms with Gasteiger partial charge in [0.2, 0.25) is 0 Å². The van der Waals surface area contributed by atoms with E-state index in [1.165, 1.54) is 36.2 Å². The molecule has 0 amide bonds. The zero-order valence-electron chi connectivity index (χ0n) is 23.2. The van der Waals surface area contributed by atoms with Crippen molar-refractivity contribution in [1.29, 1.82) is 0 Å². The fraction of sp³-hybridized carbons (Fsp3) is 0.548. The molecule has 4 heteroatoms. The molecular weight excluding hydrogens is 507 g/mol. The molecule has 0 nitrogen and oxygen atoms in total. The molecule has 1 aliphatic heterocycles. The van der Waals surface area contributed by atoms with Gasteiger partial charge in [0, 0.05) is 0 Å². The van der Waals surface area contributed by atoms with Crippen molar-refractivity contribution in [2.75, 3.05) is 0 Å². The molecule has 3 fully saturated rings. The van der Waals surface area contributed by atoms with E-state index in [9.17, 15) is 0 Å². The molecule has 1 aromatic rings. The third kappa shape index (κ3) is 6.26. The van der Waals surface area contributed by atoms with Crippen molar-refractivity contribution < 1.29 is 16.1 Å². The molecule has 4 aliphatic rings. The van der Waals surface area contributed by atoms with Crippen LogP contribution in [0.15, 0.2) is 78.2 Å². The third-order valence-electron chi connectivity index (χ3n) is 9.24. The smallest absolute Gasteiger partial charge is 0.0766 e. The van der Waals surface area contributed by atoms with Crippen LogP contribution in [0.5, 0.6) is 0 Å². The van der Waals surface area contributed by atoms with Crippen molar-refractivity contribution in [2.45, 2.75) is 78.6 Å². The van der Waals surface area contributed by atoms with Crippen molar-refractivity contribution in [3.63, 3.8) is 0 Å². The number of fused-ring (bicyclic) bond motifs is 3. The first kappa shape index (κ1) is 27.8. The van der Waals surface area contributed by atoms with Crippen molar-refractivity contribution in [3.05, 3.63) is 78.2 Å². The summed E-state index contributed by atoms with van der Waals surface area (Å²) in [7, 11) is -2.39. The van der Waals surface area contributed by atoms with E-state index in [4.69, 9.17) is 0 Å². The number of hydrogen-bond acceptors (Lipinski definition) is 0. The Labute approximate surface area is 223 Å². The van der Waals surface area contributed by atoms with Crippen molar-refractivity contribution in [2.24, 2.45) is 23.7 Å². The van der Waals surface area contributed by atoms with Crippen LogP contribution in [0.3, 0.4) is 0 Å². The third-order valence-corrected chi connectivity index (χ3v) is 27.7. The Hall–Kier alpha value is -0.242. The summed E-state index contributed by atoms with van der Waals surface area (Å²) < 4.78 is 4.48. The Balaban J connectivity index is 0.000000207. The Morgan fingerprint density at radius 1 is 0.771 bits per heavy atom. The van der Waals surface area contributed by atoms with E-state index >= 15 is 0 Å². The van der Waals surface area contributed by atoms with E-state index in [-0.39, 0.29) is 0 Å². The van der Waals surface area contributed by atoms with Gasteiger partial charge in [0.15, 0.2) is 0 Å². The van der Waals surface area contributed by atoms with Crippen LogP contribution in [0.2, 0.25) is 53.0 Å². The van der Waals surface area contributed by atoms with Crippen LogP contribution in [-0.2, 0) is 16.1 Å². The molecule has 35 heavy (non-hydrogen) atoms. The zero-order chi connectivity index (χ0) is 25.4. The van der Waals surface area contributed by atoms with Crippen LogP contribution in [0, 0.1) is 23.7 Å². The summed E-state index contributed by atoms with van der Waals surface area (Å²) in [5.41, 5.74) is 0. The van der Waals surface area contributed by atoms with Gasteiger partial charge in [-0.1, -0.05) is 62.8 Å². The Morgan fingerprint density at radius 2 is 1.29 bits per heavy atom. The van der Waals surface area contributed by atoms with Crippen molar-refractivity contribution in [3.8, 4) is 0 Å². The minimum absolute atomic E-state index is 0.902. The van der Waals surface area contributed by atoms with Crippen LogP contribution in [0.4, 0.5) is 0 Å². The summed E-state index contributed by atoms with van der Waals surface area (Å²) in [6, 6.07) is 11.5. The van der Waals surface area contributed by atoms with Crippen molar-refractivity contribution in [1.82, 2.24) is 0 Å². The standard InChI is InChI=1S/C13H17.C10H22Si2.C6H6P.C2H4.Ti/c1-3-7-12-10(5-1)9-11-6-2-4-8-13(11)12;1-9(11(3,4)5)10(2)12(6,7)8;7-6-4-2-1-3-5-6;1-2;/h1,3,5,7,9-13H,2,4,6,8H2;1-2H2,3-8H3;1-5,7H;1-2H2;/q;;-1;;+1. The van der Waals surface area contributed by atoms with Gasteiger partial charge in [-0.05, 0) is 0 Å². The fourth-order valence-electron chi connectivity index (χ4n) is 6.99. The topological polar surface area (TPSA) is 0 Å². The summed E-state index contributed by atoms with van der Waals surface area (Å²) in [6.45, 7) is 23.6. The van der Waals surface area contributed by atoms with E-state index in [0.29, 0.717) is 0 Å². The van der Waals surface area contributed by atoms with E-state index < -0.39 is 32.2 Å². The molecule has 6 atom stereocenters. The van der Waals surface area contributed by atoms with Crippen molar-refractivity contribution >= 4 is 28.0 Å². The van der Waals surface area contributed by atoms with Crippen LogP contribution in [-0.4, -0.2) is 16.1 Å². The first-order chi connectivity index (χ1) is 16.4. The molecule has 3 aliphatic carbocycles. The molecule has 0 bridgehead atoms. The molecule has 2 saturated carbocycles. The summed E-state index contributed by atoms with van der Waals surface area (Å²) >= 11 is -1.62. The molecule has 0 spiro atoms. The van der Waals surface area contributed by atoms with E-state index in [1.54, 1.807) is 21.2 Å². The van der Waals surface area contributed by atoms with Gasteiger partial charge in [-0.25, -0.2) is 0 Å². The molecule has 190 valence electrons. The van der Waals surface area contributed by atoms with Crippen LogP contribution < -0.4 is 5.30 Å². The van der Waals surface area contributed by atoms with Crippen LogP contribution in [0.25, 0.3) is 0 Å². The van der Waals surface area contributed by atoms with Crippen LogP contribution in [0.1, 0.15) is 25.7 Å². The summed E-state index contributed by atoms with van der Waals surface area (Å²) in [5, 5.41) is 4.40. The second-order valence-electron chi connectivity index (χ2n) is 13.7. The summed E-state index contributed by atoms with van der Waals surface area (Å²) in [6.07, 6.45) is 16.0. The number of hydrogen-bond donors (Lipinski definition) is 0. The zero-order valence-corrected chi connectivity index (χ0v) is 27.8. The quantitative estimate of drug-likeness (QED) is 0.186. The first-order valence-electron chi connectivity index (χ1n) is 14.0. The Morgan fingerprint density at radius 3 is 1.80 bits per heavy atom. The van der Waals surface area contributed by atoms with Gasteiger partial charge >= 0.3 is 146 Å². The molecular formula is C31H49PSi2Ti. The molecule has 1 heterocycles. The molecule has 1 aromatic carbocycles. The van der Waals surface area contributed by atoms with Gasteiger partial charge in [-0.3, -0.25) is 0 Å². The minimum Gasteiger partial charge on any atom is -0.0999 e. The van der Waals surface area contributed by atoms with Gasteiger partial charge in [-0.15, -0.1) is 0 Å². The van der Waals surface area contributed by atoms with Gasteiger partial charge in [0.25, 0.3) is 0 Å². The van der Waals surface area contributed by atoms with Gasteiger partial charge in [0.1, 0.15) is 0 Å². The predicted molar refractivity (Wildman–Crippen MR) is 163 cm³/mol. The summed E-state index contributed by atoms with van der Waals surface area (Å²) in [4.78, 5) is 0. The minimum atomic E-state index is -1.62.